The number of amides is 2. The van der Waals surface area contributed by atoms with Gasteiger partial charge in [0.05, 0.1) is 13.2 Å². The maximum absolute atomic E-state index is 12.2. The van der Waals surface area contributed by atoms with Gasteiger partial charge in [-0.1, -0.05) is 18.2 Å². The summed E-state index contributed by atoms with van der Waals surface area (Å²) in [5.74, 6) is 0.901. The van der Waals surface area contributed by atoms with E-state index in [-0.39, 0.29) is 18.4 Å². The Labute approximate surface area is 194 Å². The molecule has 2 rings (SSSR count). The van der Waals surface area contributed by atoms with E-state index in [9.17, 15) is 14.4 Å². The molecule has 0 aliphatic rings. The first-order chi connectivity index (χ1) is 15.9. The van der Waals surface area contributed by atoms with Crippen LogP contribution in [0.4, 0.5) is 4.79 Å². The van der Waals surface area contributed by atoms with Gasteiger partial charge < -0.3 is 24.8 Å². The van der Waals surface area contributed by atoms with Crippen LogP contribution < -0.4 is 20.1 Å². The monoisotopic (exact) mass is 456 g/mol. The van der Waals surface area contributed by atoms with Crippen molar-refractivity contribution in [2.24, 2.45) is 0 Å². The Morgan fingerprint density at radius 3 is 2.21 bits per heavy atom. The van der Waals surface area contributed by atoms with Crippen molar-refractivity contribution in [1.29, 1.82) is 0 Å². The van der Waals surface area contributed by atoms with Crippen molar-refractivity contribution in [3.8, 4) is 11.5 Å². The number of para-hydroxylation sites is 1. The fraction of sp³-hybridized carbons (Fsp3) is 0.400. The van der Waals surface area contributed by atoms with E-state index in [1.807, 2.05) is 32.0 Å². The molecule has 0 aromatic heterocycles. The summed E-state index contributed by atoms with van der Waals surface area (Å²) in [5, 5.41) is 5.64. The Bertz CT molecular complexity index is 907. The molecule has 0 aliphatic carbocycles. The van der Waals surface area contributed by atoms with Gasteiger partial charge in [-0.25, -0.2) is 4.79 Å². The van der Waals surface area contributed by atoms with Crippen LogP contribution in [0.15, 0.2) is 42.5 Å². The average Bonchev–Trinajstić information content (AvgIpc) is 2.78. The lowest BCUT2D eigenvalue weighted by Crippen LogP contribution is -2.30. The van der Waals surface area contributed by atoms with E-state index in [2.05, 4.69) is 10.6 Å². The topological polar surface area (TPSA) is 103 Å². The highest BCUT2D eigenvalue weighted by atomic mass is 16.7. The van der Waals surface area contributed by atoms with Crippen LogP contribution in [0.2, 0.25) is 0 Å². The summed E-state index contributed by atoms with van der Waals surface area (Å²) in [6.45, 7) is 7.30. The van der Waals surface area contributed by atoms with Gasteiger partial charge in [0, 0.05) is 25.1 Å². The molecule has 0 spiro atoms. The number of carbonyl (C=O) groups excluding carboxylic acids is 3. The van der Waals surface area contributed by atoms with Crippen LogP contribution in [0.3, 0.4) is 0 Å². The van der Waals surface area contributed by atoms with E-state index < -0.39 is 6.16 Å². The summed E-state index contributed by atoms with van der Waals surface area (Å²) in [6, 6.07) is 12.2. The predicted octanol–water partition coefficient (Wildman–Crippen LogP) is 3.93. The van der Waals surface area contributed by atoms with Gasteiger partial charge in [-0.3, -0.25) is 9.59 Å². The second-order valence-corrected chi connectivity index (χ2v) is 7.44. The highest BCUT2D eigenvalue weighted by Gasteiger charge is 2.09. The van der Waals surface area contributed by atoms with E-state index in [4.69, 9.17) is 14.2 Å². The van der Waals surface area contributed by atoms with Crippen LogP contribution in [0, 0.1) is 13.8 Å². The molecule has 0 bridgehead atoms. The van der Waals surface area contributed by atoms with Gasteiger partial charge >= 0.3 is 6.16 Å². The molecule has 2 aromatic carbocycles. The molecule has 0 saturated carbocycles. The third kappa shape index (κ3) is 9.22. The van der Waals surface area contributed by atoms with Crippen molar-refractivity contribution >= 4 is 18.0 Å². The van der Waals surface area contributed by atoms with Gasteiger partial charge in [0.15, 0.2) is 0 Å². The van der Waals surface area contributed by atoms with E-state index in [0.29, 0.717) is 50.3 Å². The second kappa shape index (κ2) is 13.8. The smallest absolute Gasteiger partial charge is 0.493 e. The van der Waals surface area contributed by atoms with Crippen LogP contribution in [-0.2, 0) is 9.53 Å². The molecule has 2 aromatic rings. The molecule has 0 unspecified atom stereocenters. The lowest BCUT2D eigenvalue weighted by Gasteiger charge is -2.12. The fourth-order valence-electron chi connectivity index (χ4n) is 3.06. The Kier molecular flexibility index (Phi) is 10.7. The van der Waals surface area contributed by atoms with Crippen LogP contribution >= 0.6 is 0 Å². The Balaban J connectivity index is 1.57. The highest BCUT2D eigenvalue weighted by Crippen LogP contribution is 2.22. The Morgan fingerprint density at radius 2 is 1.55 bits per heavy atom. The number of hydrogen-bond donors (Lipinski definition) is 2. The first-order valence-electron chi connectivity index (χ1n) is 11.1. The van der Waals surface area contributed by atoms with Crippen molar-refractivity contribution in [2.45, 2.75) is 40.0 Å². The SMILES string of the molecule is CCOC(=O)Oc1ccc(C(=O)NCCCNC(=O)CCCOc2c(C)cccc2C)cc1. The van der Waals surface area contributed by atoms with Crippen molar-refractivity contribution in [3.05, 3.63) is 59.2 Å². The Morgan fingerprint density at radius 1 is 0.879 bits per heavy atom. The van der Waals surface area contributed by atoms with Gasteiger partial charge in [0.1, 0.15) is 11.5 Å². The summed E-state index contributed by atoms with van der Waals surface area (Å²) < 4.78 is 15.5. The van der Waals surface area contributed by atoms with Crippen LogP contribution in [0.25, 0.3) is 0 Å². The van der Waals surface area contributed by atoms with Gasteiger partial charge in [0.2, 0.25) is 5.91 Å². The van der Waals surface area contributed by atoms with Gasteiger partial charge in [-0.15, -0.1) is 0 Å². The van der Waals surface area contributed by atoms with Crippen molar-refractivity contribution in [2.75, 3.05) is 26.3 Å². The van der Waals surface area contributed by atoms with Crippen molar-refractivity contribution < 1.29 is 28.6 Å². The maximum atomic E-state index is 12.2. The molecule has 33 heavy (non-hydrogen) atoms. The third-order valence-electron chi connectivity index (χ3n) is 4.74. The summed E-state index contributed by atoms with van der Waals surface area (Å²) >= 11 is 0. The molecule has 0 heterocycles. The summed E-state index contributed by atoms with van der Waals surface area (Å²) in [5.41, 5.74) is 2.61. The number of ether oxygens (including phenoxy) is 3. The highest BCUT2D eigenvalue weighted by molar-refractivity contribution is 5.94. The lowest BCUT2D eigenvalue weighted by atomic mass is 10.1. The van der Waals surface area contributed by atoms with Crippen molar-refractivity contribution in [3.63, 3.8) is 0 Å². The molecule has 2 N–H and O–H groups in total. The van der Waals surface area contributed by atoms with E-state index in [1.165, 1.54) is 12.1 Å². The minimum absolute atomic E-state index is 0.0383. The normalized spacial score (nSPS) is 10.3. The van der Waals surface area contributed by atoms with Crippen molar-refractivity contribution in [1.82, 2.24) is 10.6 Å². The van der Waals surface area contributed by atoms with E-state index >= 15 is 0 Å². The molecule has 8 nitrogen and oxygen atoms in total. The molecule has 178 valence electrons. The first kappa shape index (κ1) is 25.7. The average molecular weight is 457 g/mol. The van der Waals surface area contributed by atoms with Gasteiger partial charge in [-0.05, 0) is 69.0 Å². The third-order valence-corrected chi connectivity index (χ3v) is 4.74. The molecule has 0 atom stereocenters. The van der Waals surface area contributed by atoms with Gasteiger partial charge in [0.25, 0.3) is 5.91 Å². The largest absolute Gasteiger partial charge is 0.513 e. The number of aryl methyl sites for hydroxylation is 2. The second-order valence-electron chi connectivity index (χ2n) is 7.44. The predicted molar refractivity (Wildman–Crippen MR) is 125 cm³/mol. The van der Waals surface area contributed by atoms with Crippen LogP contribution in [0.1, 0.15) is 47.7 Å². The summed E-state index contributed by atoms with van der Waals surface area (Å²) in [4.78, 5) is 35.4. The van der Waals surface area contributed by atoms with E-state index in [1.54, 1.807) is 19.1 Å². The molecule has 8 heteroatoms. The van der Waals surface area contributed by atoms with Gasteiger partial charge in [-0.2, -0.15) is 0 Å². The number of nitrogens with one attached hydrogen (secondary N) is 2. The molecular formula is C25H32N2O6. The number of rotatable bonds is 12. The molecular weight excluding hydrogens is 424 g/mol. The Hall–Kier alpha value is -3.55. The number of hydrogen-bond acceptors (Lipinski definition) is 6. The minimum atomic E-state index is -0.786. The number of carbonyl (C=O) groups is 3. The lowest BCUT2D eigenvalue weighted by molar-refractivity contribution is -0.121. The zero-order valence-electron chi connectivity index (χ0n) is 19.4. The maximum Gasteiger partial charge on any atom is 0.513 e. The molecule has 0 radical (unpaired) electrons. The molecule has 0 fully saturated rings. The molecule has 0 saturated heterocycles. The fourth-order valence-corrected chi connectivity index (χ4v) is 3.06. The first-order valence-corrected chi connectivity index (χ1v) is 11.1. The quantitative estimate of drug-likeness (QED) is 0.285. The molecule has 2 amide bonds. The van der Waals surface area contributed by atoms with Crippen LogP contribution in [0.5, 0.6) is 11.5 Å². The molecule has 0 aliphatic heterocycles. The van der Waals surface area contributed by atoms with Crippen LogP contribution in [-0.4, -0.2) is 44.3 Å². The summed E-state index contributed by atoms with van der Waals surface area (Å²) in [7, 11) is 0. The zero-order chi connectivity index (χ0) is 24.1. The minimum Gasteiger partial charge on any atom is -0.493 e. The standard InChI is InChI=1S/C25H32N2O6/c1-4-31-25(30)33-21-13-11-20(12-14-21)24(29)27-16-7-15-26-22(28)10-6-17-32-23-18(2)8-5-9-19(23)3/h5,8-9,11-14H,4,6-7,10,15-17H2,1-3H3,(H,26,28)(H,27,29). The van der Waals surface area contributed by atoms with E-state index in [0.717, 1.165) is 16.9 Å². The zero-order valence-corrected chi connectivity index (χ0v) is 19.4. The summed E-state index contributed by atoms with van der Waals surface area (Å²) in [6.07, 6.45) is 0.843. The number of benzene rings is 2.